The summed E-state index contributed by atoms with van der Waals surface area (Å²) in [6, 6.07) is 17.6. The van der Waals surface area contributed by atoms with Crippen molar-refractivity contribution >= 4 is 21.6 Å². The Bertz CT molecular complexity index is 1360. The molecular weight excluding hydrogens is 486 g/mol. The summed E-state index contributed by atoms with van der Waals surface area (Å²) in [7, 11) is 1.63. The van der Waals surface area contributed by atoms with E-state index in [0.29, 0.717) is 35.2 Å². The molecule has 1 unspecified atom stereocenters. The highest BCUT2D eigenvalue weighted by molar-refractivity contribution is 7.17. The van der Waals surface area contributed by atoms with Gasteiger partial charge < -0.3 is 19.6 Å². The molecular formula is C29H33N3O4S. The minimum absolute atomic E-state index is 0.154. The fourth-order valence-electron chi connectivity index (χ4n) is 5.15. The quantitative estimate of drug-likeness (QED) is 0.298. The van der Waals surface area contributed by atoms with Crippen LogP contribution >= 0.6 is 11.3 Å². The van der Waals surface area contributed by atoms with Crippen molar-refractivity contribution < 1.29 is 14.6 Å². The van der Waals surface area contributed by atoms with Crippen LogP contribution in [0.3, 0.4) is 0 Å². The fourth-order valence-corrected chi connectivity index (χ4v) is 6.11. The maximum Gasteiger partial charge on any atom is 0.260 e. The number of aromatic nitrogens is 2. The number of aromatic amines is 1. The first-order chi connectivity index (χ1) is 18.1. The monoisotopic (exact) mass is 519 g/mol. The molecule has 0 amide bonds. The van der Waals surface area contributed by atoms with Gasteiger partial charge in [-0.1, -0.05) is 55.7 Å². The Labute approximate surface area is 220 Å². The van der Waals surface area contributed by atoms with Crippen molar-refractivity contribution in [3.63, 3.8) is 0 Å². The largest absolute Gasteiger partial charge is 0.496 e. The van der Waals surface area contributed by atoms with E-state index in [1.54, 1.807) is 7.11 Å². The lowest BCUT2D eigenvalue weighted by molar-refractivity contribution is 0.0387. The normalized spacial score (nSPS) is 15.2. The zero-order valence-corrected chi connectivity index (χ0v) is 21.9. The second-order valence-corrected chi connectivity index (χ2v) is 10.4. The van der Waals surface area contributed by atoms with Gasteiger partial charge in [-0.25, -0.2) is 4.98 Å². The molecule has 0 aliphatic heterocycles. The molecule has 2 aromatic heterocycles. The molecule has 5 rings (SSSR count). The summed E-state index contributed by atoms with van der Waals surface area (Å²) in [5, 5.41) is 13.4. The number of para-hydroxylation sites is 2. The number of hydrogen-bond donors (Lipinski definition) is 2. The van der Waals surface area contributed by atoms with Crippen molar-refractivity contribution in [1.82, 2.24) is 14.9 Å². The standard InChI is InChI=1S/C29H33N3O4S/c1-35-25-15-9-8-14-23(25)24-19-37-29-27(24)28(34)30-26(31-29)17-32(20-10-4-2-5-11-20)16-21(33)18-36-22-12-6-3-7-13-22/h3,6-9,12-15,19-21,33H,2,4-5,10-11,16-18H2,1H3,(H,30,31,34). The van der Waals surface area contributed by atoms with Gasteiger partial charge in [-0.15, -0.1) is 11.3 Å². The third-order valence-electron chi connectivity index (χ3n) is 6.96. The fraction of sp³-hybridized carbons (Fsp3) is 0.379. The summed E-state index contributed by atoms with van der Waals surface area (Å²) in [6.45, 7) is 1.14. The molecule has 1 saturated carbocycles. The SMILES string of the molecule is COc1ccccc1-c1csc2nc(CN(CC(O)COc3ccccc3)C3CCCCC3)[nH]c(=O)c12. The second-order valence-electron chi connectivity index (χ2n) is 9.54. The smallest absolute Gasteiger partial charge is 0.260 e. The molecule has 1 fully saturated rings. The summed E-state index contributed by atoms with van der Waals surface area (Å²) < 4.78 is 11.3. The molecule has 0 spiro atoms. The number of H-pyrrole nitrogens is 1. The molecule has 1 aliphatic rings. The maximum absolute atomic E-state index is 13.3. The van der Waals surface area contributed by atoms with E-state index in [9.17, 15) is 9.90 Å². The van der Waals surface area contributed by atoms with Crippen LogP contribution in [0.15, 0.2) is 64.8 Å². The number of ether oxygens (including phenoxy) is 2. The number of nitrogens with one attached hydrogen (secondary N) is 1. The van der Waals surface area contributed by atoms with Crippen LogP contribution in [0.2, 0.25) is 0 Å². The molecule has 4 aromatic rings. The van der Waals surface area contributed by atoms with E-state index in [-0.39, 0.29) is 12.2 Å². The van der Waals surface area contributed by atoms with Gasteiger partial charge >= 0.3 is 0 Å². The predicted molar refractivity (Wildman–Crippen MR) is 147 cm³/mol. The van der Waals surface area contributed by atoms with Crippen molar-refractivity contribution in [2.75, 3.05) is 20.3 Å². The molecule has 1 atom stereocenters. The lowest BCUT2D eigenvalue weighted by Crippen LogP contribution is -2.43. The third kappa shape index (κ3) is 6.04. The van der Waals surface area contributed by atoms with Crippen LogP contribution in [0.25, 0.3) is 21.3 Å². The molecule has 0 bridgehead atoms. The van der Waals surface area contributed by atoms with Gasteiger partial charge in [0.25, 0.3) is 5.56 Å². The summed E-state index contributed by atoms with van der Waals surface area (Å²) >= 11 is 1.46. The third-order valence-corrected chi connectivity index (χ3v) is 7.84. The minimum atomic E-state index is -0.656. The Balaban J connectivity index is 1.37. The highest BCUT2D eigenvalue weighted by atomic mass is 32.1. The van der Waals surface area contributed by atoms with Crippen molar-refractivity contribution in [2.24, 2.45) is 0 Å². The summed E-state index contributed by atoms with van der Waals surface area (Å²) in [4.78, 5) is 24.1. The molecule has 2 heterocycles. The van der Waals surface area contributed by atoms with Gasteiger partial charge in [-0.3, -0.25) is 9.69 Å². The van der Waals surface area contributed by atoms with Crippen molar-refractivity contribution in [2.45, 2.75) is 50.8 Å². The van der Waals surface area contributed by atoms with Gasteiger partial charge in [-0.2, -0.15) is 0 Å². The van der Waals surface area contributed by atoms with E-state index in [1.165, 1.54) is 30.6 Å². The van der Waals surface area contributed by atoms with E-state index < -0.39 is 6.10 Å². The van der Waals surface area contributed by atoms with Crippen LogP contribution < -0.4 is 15.0 Å². The molecule has 0 saturated heterocycles. The maximum atomic E-state index is 13.3. The average molecular weight is 520 g/mol. The minimum Gasteiger partial charge on any atom is -0.496 e. The molecule has 37 heavy (non-hydrogen) atoms. The molecule has 8 heteroatoms. The van der Waals surface area contributed by atoms with Crippen LogP contribution in [-0.4, -0.2) is 52.4 Å². The first-order valence-electron chi connectivity index (χ1n) is 12.9. The average Bonchev–Trinajstić information content (AvgIpc) is 3.37. The Morgan fingerprint density at radius 3 is 2.62 bits per heavy atom. The summed E-state index contributed by atoms with van der Waals surface area (Å²) in [5.41, 5.74) is 1.55. The number of thiophene rings is 1. The first kappa shape index (κ1) is 25.4. The Morgan fingerprint density at radius 2 is 1.84 bits per heavy atom. The number of hydrogen-bond acceptors (Lipinski definition) is 7. The number of nitrogens with zero attached hydrogens (tertiary/aromatic N) is 2. The van der Waals surface area contributed by atoms with Gasteiger partial charge in [0.05, 0.1) is 19.0 Å². The van der Waals surface area contributed by atoms with Gasteiger partial charge in [0.1, 0.15) is 34.9 Å². The molecule has 1 aliphatic carbocycles. The number of aliphatic hydroxyl groups excluding tert-OH is 1. The van der Waals surface area contributed by atoms with E-state index in [1.807, 2.05) is 60.0 Å². The Morgan fingerprint density at radius 1 is 1.08 bits per heavy atom. The lowest BCUT2D eigenvalue weighted by atomic mass is 9.94. The molecule has 7 nitrogen and oxygen atoms in total. The second kappa shape index (κ2) is 11.9. The van der Waals surface area contributed by atoms with Gasteiger partial charge in [0.2, 0.25) is 0 Å². The van der Waals surface area contributed by atoms with Gasteiger partial charge in [0, 0.05) is 29.1 Å². The number of benzene rings is 2. The van der Waals surface area contributed by atoms with Crippen LogP contribution in [0.4, 0.5) is 0 Å². The van der Waals surface area contributed by atoms with Gasteiger partial charge in [0.15, 0.2) is 0 Å². The molecule has 194 valence electrons. The van der Waals surface area contributed by atoms with E-state index in [0.717, 1.165) is 35.5 Å². The van der Waals surface area contributed by atoms with Crippen LogP contribution in [0, 0.1) is 0 Å². The first-order valence-corrected chi connectivity index (χ1v) is 13.7. The lowest BCUT2D eigenvalue weighted by Gasteiger charge is -2.35. The van der Waals surface area contributed by atoms with Crippen LogP contribution in [-0.2, 0) is 6.54 Å². The van der Waals surface area contributed by atoms with Gasteiger partial charge in [-0.05, 0) is 31.0 Å². The highest BCUT2D eigenvalue weighted by Crippen LogP contribution is 2.36. The van der Waals surface area contributed by atoms with E-state index >= 15 is 0 Å². The predicted octanol–water partition coefficient (Wildman–Crippen LogP) is 5.23. The summed E-state index contributed by atoms with van der Waals surface area (Å²) in [5.74, 6) is 2.08. The van der Waals surface area contributed by atoms with Crippen LogP contribution in [0.1, 0.15) is 37.9 Å². The van der Waals surface area contributed by atoms with E-state index in [2.05, 4.69) is 9.88 Å². The topological polar surface area (TPSA) is 87.7 Å². The zero-order valence-electron chi connectivity index (χ0n) is 21.1. The van der Waals surface area contributed by atoms with Crippen molar-refractivity contribution in [1.29, 1.82) is 0 Å². The number of fused-ring (bicyclic) bond motifs is 1. The number of methoxy groups -OCH3 is 1. The van der Waals surface area contributed by atoms with Crippen LogP contribution in [0.5, 0.6) is 11.5 Å². The highest BCUT2D eigenvalue weighted by Gasteiger charge is 2.25. The number of rotatable bonds is 10. The summed E-state index contributed by atoms with van der Waals surface area (Å²) in [6.07, 6.45) is 5.09. The molecule has 2 N–H and O–H groups in total. The van der Waals surface area contributed by atoms with Crippen molar-refractivity contribution in [3.05, 3.63) is 76.2 Å². The number of aliphatic hydroxyl groups is 1. The zero-order chi connectivity index (χ0) is 25.6. The van der Waals surface area contributed by atoms with Crippen molar-refractivity contribution in [3.8, 4) is 22.6 Å². The molecule has 0 radical (unpaired) electrons. The Hall–Kier alpha value is -3.20. The van der Waals surface area contributed by atoms with E-state index in [4.69, 9.17) is 14.5 Å². The Kier molecular flexibility index (Phi) is 8.18. The molecule has 2 aromatic carbocycles.